The number of esters is 1. The molecule has 2 heterocycles. The number of anilines is 1. The lowest BCUT2D eigenvalue weighted by Gasteiger charge is -2.08. The number of rotatable bonds is 6. The zero-order valence-electron chi connectivity index (χ0n) is 14.7. The van der Waals surface area contributed by atoms with Crippen LogP contribution >= 0.6 is 11.3 Å². The van der Waals surface area contributed by atoms with Crippen LogP contribution in [0.3, 0.4) is 0 Å². The summed E-state index contributed by atoms with van der Waals surface area (Å²) in [6.07, 6.45) is -4.67. The van der Waals surface area contributed by atoms with Crippen LogP contribution in [0.25, 0.3) is 10.6 Å². The molecule has 0 amide bonds. The molecule has 12 heteroatoms. The van der Waals surface area contributed by atoms with Gasteiger partial charge in [0.1, 0.15) is 4.21 Å². The highest BCUT2D eigenvalue weighted by molar-refractivity contribution is 7.94. The molecule has 1 aromatic carbocycles. The Morgan fingerprint density at radius 2 is 2.00 bits per heavy atom. The zero-order chi connectivity index (χ0) is 21.2. The summed E-state index contributed by atoms with van der Waals surface area (Å²) in [4.78, 5) is 11.9. The molecule has 0 bridgehead atoms. The smallest absolute Gasteiger partial charge is 0.436 e. The van der Waals surface area contributed by atoms with Gasteiger partial charge in [-0.2, -0.15) is 13.2 Å². The van der Waals surface area contributed by atoms with Crippen LogP contribution in [0.1, 0.15) is 23.0 Å². The van der Waals surface area contributed by atoms with Gasteiger partial charge in [0.05, 0.1) is 17.0 Å². The molecule has 0 saturated carbocycles. The van der Waals surface area contributed by atoms with Crippen LogP contribution in [-0.4, -0.2) is 26.2 Å². The Labute approximate surface area is 167 Å². The molecule has 0 aliphatic heterocycles. The quantitative estimate of drug-likeness (QED) is 0.564. The molecule has 0 aliphatic rings. The first-order valence-electron chi connectivity index (χ1n) is 8.04. The number of carbonyl (C=O) groups excluding carboxylic acids is 1. The number of thiophene rings is 1. The van der Waals surface area contributed by atoms with E-state index in [-0.39, 0.29) is 32.7 Å². The van der Waals surface area contributed by atoms with E-state index in [0.717, 1.165) is 0 Å². The highest BCUT2D eigenvalue weighted by Crippen LogP contribution is 2.35. The van der Waals surface area contributed by atoms with Crippen molar-refractivity contribution < 1.29 is 35.6 Å². The van der Waals surface area contributed by atoms with E-state index in [1.54, 1.807) is 6.92 Å². The number of nitrogens with one attached hydrogen (secondary N) is 1. The Bertz CT molecular complexity index is 1140. The number of ether oxygens (including phenoxy) is 1. The molecule has 0 radical (unpaired) electrons. The van der Waals surface area contributed by atoms with Gasteiger partial charge in [0.2, 0.25) is 0 Å². The molecule has 3 aromatic rings. The Morgan fingerprint density at radius 1 is 1.24 bits per heavy atom. The van der Waals surface area contributed by atoms with Crippen molar-refractivity contribution in [3.63, 3.8) is 0 Å². The molecular formula is C17H13F3N2O5S2. The first kappa shape index (κ1) is 20.9. The minimum atomic E-state index is -4.67. The molecular weight excluding hydrogens is 433 g/mol. The number of aromatic nitrogens is 1. The summed E-state index contributed by atoms with van der Waals surface area (Å²) in [6, 6.07) is 8.95. The predicted molar refractivity (Wildman–Crippen MR) is 98.0 cm³/mol. The number of sulfonamides is 1. The van der Waals surface area contributed by atoms with Crippen molar-refractivity contribution in [3.05, 3.63) is 53.7 Å². The van der Waals surface area contributed by atoms with E-state index in [1.807, 2.05) is 0 Å². The maximum Gasteiger partial charge on any atom is 0.436 e. The monoisotopic (exact) mass is 446 g/mol. The second-order valence-electron chi connectivity index (χ2n) is 5.60. The molecule has 0 unspecified atom stereocenters. The highest BCUT2D eigenvalue weighted by atomic mass is 32.2. The van der Waals surface area contributed by atoms with E-state index >= 15 is 0 Å². The van der Waals surface area contributed by atoms with E-state index in [9.17, 15) is 26.4 Å². The summed E-state index contributed by atoms with van der Waals surface area (Å²) in [6.45, 7) is 1.81. The topological polar surface area (TPSA) is 98.5 Å². The first-order valence-corrected chi connectivity index (χ1v) is 10.3. The molecule has 154 valence electrons. The molecule has 29 heavy (non-hydrogen) atoms. The van der Waals surface area contributed by atoms with E-state index in [2.05, 4.69) is 14.4 Å². The number of halogens is 3. The van der Waals surface area contributed by atoms with Crippen molar-refractivity contribution in [2.75, 3.05) is 11.3 Å². The molecule has 0 saturated heterocycles. The standard InChI is InChI=1S/C17H13F3N2O5S2/c1-2-26-16(23)10-4-3-5-11(8-10)22-29(24,25)15-7-6-13(28-15)12-9-14(21-27-12)17(18,19)20/h3-9,22H,2H2,1H3. The minimum Gasteiger partial charge on any atom is -0.462 e. The predicted octanol–water partition coefficient (Wildman–Crippen LogP) is 4.40. The molecule has 3 rings (SSSR count). The second-order valence-corrected chi connectivity index (χ2v) is 8.59. The van der Waals surface area contributed by atoms with Gasteiger partial charge in [-0.25, -0.2) is 13.2 Å². The number of alkyl halides is 3. The van der Waals surface area contributed by atoms with Gasteiger partial charge < -0.3 is 9.26 Å². The zero-order valence-corrected chi connectivity index (χ0v) is 16.3. The molecule has 1 N–H and O–H groups in total. The summed E-state index contributed by atoms with van der Waals surface area (Å²) in [5.74, 6) is -0.800. The van der Waals surface area contributed by atoms with Gasteiger partial charge in [-0.05, 0) is 37.3 Å². The summed E-state index contributed by atoms with van der Waals surface area (Å²) >= 11 is 0.712. The highest BCUT2D eigenvalue weighted by Gasteiger charge is 2.35. The van der Waals surface area contributed by atoms with Gasteiger partial charge in [0.15, 0.2) is 11.5 Å². The van der Waals surface area contributed by atoms with Gasteiger partial charge in [-0.1, -0.05) is 11.2 Å². The summed E-state index contributed by atoms with van der Waals surface area (Å²) < 4.78 is 74.7. The lowest BCUT2D eigenvalue weighted by molar-refractivity contribution is -0.142. The average Bonchev–Trinajstić information content (AvgIpc) is 3.31. The molecule has 0 atom stereocenters. The van der Waals surface area contributed by atoms with Crippen molar-refractivity contribution in [1.29, 1.82) is 0 Å². The van der Waals surface area contributed by atoms with Crippen LogP contribution in [0.15, 0.2) is 51.2 Å². The largest absolute Gasteiger partial charge is 0.462 e. The van der Waals surface area contributed by atoms with Gasteiger partial charge in [0.25, 0.3) is 10.0 Å². The second kappa shape index (κ2) is 7.87. The Kier molecular flexibility index (Phi) is 5.66. The van der Waals surface area contributed by atoms with Crippen LogP contribution in [0.2, 0.25) is 0 Å². The Hall–Kier alpha value is -2.86. The van der Waals surface area contributed by atoms with E-state index < -0.39 is 27.9 Å². The number of carbonyl (C=O) groups is 1. The third kappa shape index (κ3) is 4.77. The summed E-state index contributed by atoms with van der Waals surface area (Å²) in [5.41, 5.74) is -0.913. The summed E-state index contributed by atoms with van der Waals surface area (Å²) in [7, 11) is -4.04. The van der Waals surface area contributed by atoms with Crippen LogP contribution in [0, 0.1) is 0 Å². The molecule has 0 fully saturated rings. The minimum absolute atomic E-state index is 0.129. The lowest BCUT2D eigenvalue weighted by atomic mass is 10.2. The Morgan fingerprint density at radius 3 is 2.66 bits per heavy atom. The van der Waals surface area contributed by atoms with Gasteiger partial charge in [-0.15, -0.1) is 11.3 Å². The number of nitrogens with zero attached hydrogens (tertiary/aromatic N) is 1. The van der Waals surface area contributed by atoms with Crippen LogP contribution < -0.4 is 4.72 Å². The number of hydrogen-bond donors (Lipinski definition) is 1. The fourth-order valence-corrected chi connectivity index (χ4v) is 4.56. The van der Waals surface area contributed by atoms with Crippen molar-refractivity contribution in [3.8, 4) is 10.6 Å². The fourth-order valence-electron chi connectivity index (χ4n) is 2.25. The van der Waals surface area contributed by atoms with Crippen LogP contribution in [-0.2, 0) is 20.9 Å². The van der Waals surface area contributed by atoms with Crippen molar-refractivity contribution >= 4 is 33.0 Å². The SMILES string of the molecule is CCOC(=O)c1cccc(NS(=O)(=O)c2ccc(-c3cc(C(F)(F)F)no3)s2)c1. The first-order chi connectivity index (χ1) is 13.6. The van der Waals surface area contributed by atoms with E-state index in [0.29, 0.717) is 17.4 Å². The molecule has 2 aromatic heterocycles. The lowest BCUT2D eigenvalue weighted by Crippen LogP contribution is -2.12. The third-order valence-corrected chi connectivity index (χ3v) is 6.49. The van der Waals surface area contributed by atoms with Gasteiger partial charge in [-0.3, -0.25) is 4.72 Å². The van der Waals surface area contributed by atoms with Crippen molar-refractivity contribution in [1.82, 2.24) is 5.16 Å². The third-order valence-electron chi connectivity index (χ3n) is 3.52. The van der Waals surface area contributed by atoms with Crippen LogP contribution in [0.5, 0.6) is 0 Å². The van der Waals surface area contributed by atoms with Crippen molar-refractivity contribution in [2.24, 2.45) is 0 Å². The van der Waals surface area contributed by atoms with Gasteiger partial charge in [0, 0.05) is 11.8 Å². The summed E-state index contributed by atoms with van der Waals surface area (Å²) in [5, 5.41) is 2.94. The number of benzene rings is 1. The molecule has 0 aliphatic carbocycles. The number of hydrogen-bond acceptors (Lipinski definition) is 7. The van der Waals surface area contributed by atoms with Gasteiger partial charge >= 0.3 is 12.1 Å². The fraction of sp³-hybridized carbons (Fsp3) is 0.176. The van der Waals surface area contributed by atoms with E-state index in [4.69, 9.17) is 4.74 Å². The maximum absolute atomic E-state index is 12.6. The van der Waals surface area contributed by atoms with Crippen LogP contribution in [0.4, 0.5) is 18.9 Å². The molecule has 0 spiro atoms. The molecule has 7 nitrogen and oxygen atoms in total. The average molecular weight is 446 g/mol. The Balaban J connectivity index is 1.82. The van der Waals surface area contributed by atoms with E-state index in [1.165, 1.54) is 36.4 Å². The maximum atomic E-state index is 12.6. The normalized spacial score (nSPS) is 12.0. The van der Waals surface area contributed by atoms with Crippen molar-refractivity contribution in [2.45, 2.75) is 17.3 Å².